The van der Waals surface area contributed by atoms with Gasteiger partial charge in [0.15, 0.2) is 0 Å². The van der Waals surface area contributed by atoms with Gasteiger partial charge in [0.2, 0.25) is 0 Å². The van der Waals surface area contributed by atoms with Crippen LogP contribution >= 0.6 is 11.8 Å². The molecule has 1 aromatic rings. The quantitative estimate of drug-likeness (QED) is 0.451. The number of H-pyrrole nitrogens is 1. The van der Waals surface area contributed by atoms with Gasteiger partial charge in [-0.05, 0) is 44.1 Å². The zero-order chi connectivity index (χ0) is 18.7. The lowest BCUT2D eigenvalue weighted by Crippen LogP contribution is -1.99. The Morgan fingerprint density at radius 3 is 2.56 bits per heavy atom. The lowest BCUT2D eigenvalue weighted by molar-refractivity contribution is 1.11. The zero-order valence-electron chi connectivity index (χ0n) is 15.6. The average molecular weight is 352 g/mol. The number of rotatable bonds is 10. The monoisotopic (exact) mass is 351 g/mol. The van der Waals surface area contributed by atoms with Crippen molar-refractivity contribution in [3.63, 3.8) is 0 Å². The number of hydrogen-bond acceptors (Lipinski definition) is 1. The first-order valence-electron chi connectivity index (χ1n) is 8.47. The van der Waals surface area contributed by atoms with Crippen LogP contribution in [0.15, 0.2) is 84.9 Å². The Morgan fingerprint density at radius 2 is 1.96 bits per heavy atom. The molecule has 0 saturated carbocycles. The largest absolute Gasteiger partial charge is 0.362 e. The highest BCUT2D eigenvalue weighted by molar-refractivity contribution is 8.04. The van der Waals surface area contributed by atoms with E-state index in [0.29, 0.717) is 5.25 Å². The molecule has 132 valence electrons. The third-order valence-corrected chi connectivity index (χ3v) is 5.07. The summed E-state index contributed by atoms with van der Waals surface area (Å²) in [7, 11) is 0. The molecule has 25 heavy (non-hydrogen) atoms. The zero-order valence-corrected chi connectivity index (χ0v) is 16.4. The summed E-state index contributed by atoms with van der Waals surface area (Å²) in [5.74, 6) is 0. The van der Waals surface area contributed by atoms with Gasteiger partial charge in [-0.15, -0.1) is 11.8 Å². The van der Waals surface area contributed by atoms with Crippen molar-refractivity contribution in [2.75, 3.05) is 0 Å². The molecule has 1 heterocycles. The maximum Gasteiger partial charge on any atom is 0.0316 e. The number of nitrogens with one attached hydrogen (secondary N) is 1. The SMILES string of the molecule is C=C/C=C\C=C/Cc1cc(/C=C(\C=C)C(C)S/C(C=C)=C\C)c(C)[nH]1. The topological polar surface area (TPSA) is 15.8 Å². The van der Waals surface area contributed by atoms with E-state index in [4.69, 9.17) is 0 Å². The molecule has 0 radical (unpaired) electrons. The predicted molar refractivity (Wildman–Crippen MR) is 117 cm³/mol. The lowest BCUT2D eigenvalue weighted by atomic mass is 10.1. The summed E-state index contributed by atoms with van der Waals surface area (Å²) in [4.78, 5) is 4.64. The van der Waals surface area contributed by atoms with Crippen molar-refractivity contribution in [2.45, 2.75) is 32.4 Å². The summed E-state index contributed by atoms with van der Waals surface area (Å²) in [5.41, 5.74) is 4.81. The van der Waals surface area contributed by atoms with Gasteiger partial charge in [-0.25, -0.2) is 0 Å². The second-order valence-corrected chi connectivity index (χ2v) is 7.05. The van der Waals surface area contributed by atoms with Crippen LogP contribution in [-0.4, -0.2) is 10.2 Å². The van der Waals surface area contributed by atoms with Crippen LogP contribution in [-0.2, 0) is 6.42 Å². The molecular formula is C23H29NS. The van der Waals surface area contributed by atoms with Crippen molar-refractivity contribution in [3.8, 4) is 0 Å². The summed E-state index contributed by atoms with van der Waals surface area (Å²) in [6.07, 6.45) is 18.9. The van der Waals surface area contributed by atoms with Crippen molar-refractivity contribution in [2.24, 2.45) is 0 Å². The molecule has 1 aromatic heterocycles. The van der Waals surface area contributed by atoms with E-state index < -0.39 is 0 Å². The Hall–Kier alpha value is -2.19. The van der Waals surface area contributed by atoms with Crippen molar-refractivity contribution in [3.05, 3.63) is 102 Å². The molecule has 0 saturated heterocycles. The molecule has 0 amide bonds. The summed E-state index contributed by atoms with van der Waals surface area (Å²) < 4.78 is 0. The van der Waals surface area contributed by atoms with Gasteiger partial charge in [-0.2, -0.15) is 0 Å². The van der Waals surface area contributed by atoms with Crippen molar-refractivity contribution in [1.29, 1.82) is 0 Å². The van der Waals surface area contributed by atoms with Crippen LogP contribution < -0.4 is 0 Å². The van der Waals surface area contributed by atoms with Gasteiger partial charge < -0.3 is 4.98 Å². The van der Waals surface area contributed by atoms with E-state index in [1.165, 1.54) is 27.4 Å². The molecule has 1 unspecified atom stereocenters. The fourth-order valence-electron chi connectivity index (χ4n) is 2.35. The summed E-state index contributed by atoms with van der Waals surface area (Å²) >= 11 is 1.80. The Labute approximate surface area is 157 Å². The maximum atomic E-state index is 3.99. The Bertz CT molecular complexity index is 710. The summed E-state index contributed by atoms with van der Waals surface area (Å²) in [6, 6.07) is 2.21. The maximum absolute atomic E-state index is 3.99. The van der Waals surface area contributed by atoms with Gasteiger partial charge in [0.1, 0.15) is 0 Å². The normalized spacial score (nSPS) is 14.2. The molecule has 0 aliphatic carbocycles. The smallest absolute Gasteiger partial charge is 0.0316 e. The van der Waals surface area contributed by atoms with Crippen LogP contribution in [0.4, 0.5) is 0 Å². The molecule has 1 nitrogen and oxygen atoms in total. The average Bonchev–Trinajstić information content (AvgIpc) is 2.96. The van der Waals surface area contributed by atoms with Crippen LogP contribution in [0, 0.1) is 6.92 Å². The van der Waals surface area contributed by atoms with E-state index in [1.807, 2.05) is 37.3 Å². The highest BCUT2D eigenvalue weighted by Crippen LogP contribution is 2.29. The van der Waals surface area contributed by atoms with E-state index >= 15 is 0 Å². The molecule has 0 aromatic carbocycles. The minimum atomic E-state index is 0.323. The molecule has 0 aliphatic heterocycles. The number of aromatic nitrogens is 1. The Kier molecular flexibility index (Phi) is 9.49. The minimum Gasteiger partial charge on any atom is -0.362 e. The molecule has 0 bridgehead atoms. The number of thioether (sulfide) groups is 1. The number of aryl methyl sites for hydroxylation is 1. The molecule has 1 atom stereocenters. The third-order valence-electron chi connectivity index (χ3n) is 3.77. The number of allylic oxidation sites excluding steroid dienone is 8. The second kappa shape index (κ2) is 11.4. The van der Waals surface area contributed by atoms with Gasteiger partial charge >= 0.3 is 0 Å². The lowest BCUT2D eigenvalue weighted by Gasteiger charge is -2.13. The van der Waals surface area contributed by atoms with Crippen LogP contribution in [0.3, 0.4) is 0 Å². The Morgan fingerprint density at radius 1 is 1.20 bits per heavy atom. The van der Waals surface area contributed by atoms with Gasteiger partial charge in [-0.1, -0.05) is 68.3 Å². The fourth-order valence-corrected chi connectivity index (χ4v) is 3.29. The molecule has 0 aliphatic rings. The standard InChI is InChI=1S/C23H29NS/c1-7-11-12-13-14-15-22-17-21(18(5)24-22)16-20(8-2)19(6)25-23(9-3)10-4/h7-14,16-17,19,24H,1-3,15H2,4-6H3/b12-11-,14-13-,20-16+,23-10-. The first-order valence-corrected chi connectivity index (χ1v) is 9.35. The number of aromatic amines is 1. The molecule has 2 heteroatoms. The summed E-state index contributed by atoms with van der Waals surface area (Å²) in [6.45, 7) is 17.8. The predicted octanol–water partition coefficient (Wildman–Crippen LogP) is 6.94. The van der Waals surface area contributed by atoms with Gasteiger partial charge in [0, 0.05) is 28.0 Å². The Balaban J connectivity index is 2.91. The van der Waals surface area contributed by atoms with E-state index in [2.05, 4.69) is 62.9 Å². The first kappa shape index (κ1) is 20.9. The molecule has 0 spiro atoms. The van der Waals surface area contributed by atoms with Gasteiger partial charge in [0.25, 0.3) is 0 Å². The second-order valence-electron chi connectivity index (χ2n) is 5.63. The fraction of sp³-hybridized carbons (Fsp3) is 0.217. The molecule has 0 fully saturated rings. The third kappa shape index (κ3) is 7.06. The van der Waals surface area contributed by atoms with Gasteiger partial charge in [-0.3, -0.25) is 0 Å². The summed E-state index contributed by atoms with van der Waals surface area (Å²) in [5, 5.41) is 0.323. The first-order chi connectivity index (χ1) is 12.0. The van der Waals surface area contributed by atoms with E-state index in [-0.39, 0.29) is 0 Å². The van der Waals surface area contributed by atoms with Gasteiger partial charge in [0.05, 0.1) is 0 Å². The van der Waals surface area contributed by atoms with Crippen molar-refractivity contribution in [1.82, 2.24) is 4.98 Å². The number of hydrogen-bond donors (Lipinski definition) is 1. The highest BCUT2D eigenvalue weighted by Gasteiger charge is 2.10. The van der Waals surface area contributed by atoms with Crippen molar-refractivity contribution >= 4 is 17.8 Å². The van der Waals surface area contributed by atoms with Crippen molar-refractivity contribution < 1.29 is 0 Å². The van der Waals surface area contributed by atoms with E-state index in [1.54, 1.807) is 17.8 Å². The molecule has 1 N–H and O–H groups in total. The van der Waals surface area contributed by atoms with Crippen LogP contribution in [0.5, 0.6) is 0 Å². The highest BCUT2D eigenvalue weighted by atomic mass is 32.2. The van der Waals surface area contributed by atoms with E-state index in [0.717, 1.165) is 6.42 Å². The van der Waals surface area contributed by atoms with Crippen LogP contribution in [0.2, 0.25) is 0 Å². The minimum absolute atomic E-state index is 0.323. The molecular weight excluding hydrogens is 322 g/mol. The molecule has 1 rings (SSSR count). The van der Waals surface area contributed by atoms with Crippen LogP contribution in [0.25, 0.3) is 6.08 Å². The van der Waals surface area contributed by atoms with Crippen LogP contribution in [0.1, 0.15) is 30.8 Å². The van der Waals surface area contributed by atoms with E-state index in [9.17, 15) is 0 Å².